The minimum Gasteiger partial charge on any atom is -0.409 e. The Morgan fingerprint density at radius 3 is 2.67 bits per heavy atom. The van der Waals surface area contributed by atoms with E-state index in [1.807, 2.05) is 54.2 Å². The predicted molar refractivity (Wildman–Crippen MR) is 83.8 cm³/mol. The van der Waals surface area contributed by atoms with E-state index >= 15 is 0 Å². The van der Waals surface area contributed by atoms with Crippen molar-refractivity contribution in [1.82, 2.24) is 9.55 Å². The second-order valence-electron chi connectivity index (χ2n) is 4.56. The molecule has 1 aromatic heterocycles. The minimum absolute atomic E-state index is 0.111. The van der Waals surface area contributed by atoms with Crippen molar-refractivity contribution < 1.29 is 5.21 Å². The number of nitrogens with zero attached hydrogens (tertiary/aromatic N) is 3. The van der Waals surface area contributed by atoms with Crippen LogP contribution in [-0.4, -0.2) is 20.6 Å². The fraction of sp³-hybridized carbons (Fsp3) is 0.0667. The number of benzene rings is 2. The van der Waals surface area contributed by atoms with Crippen LogP contribution in [0.1, 0.15) is 5.56 Å². The summed E-state index contributed by atoms with van der Waals surface area (Å²) in [6.07, 6.45) is 3.69. The molecule has 0 aliphatic carbocycles. The van der Waals surface area contributed by atoms with Gasteiger partial charge in [-0.3, -0.25) is 0 Å². The number of amidine groups is 1. The van der Waals surface area contributed by atoms with E-state index in [4.69, 9.17) is 10.9 Å². The van der Waals surface area contributed by atoms with Crippen molar-refractivity contribution in [2.45, 2.75) is 10.1 Å². The van der Waals surface area contributed by atoms with Gasteiger partial charge in [0.2, 0.25) is 0 Å². The summed E-state index contributed by atoms with van der Waals surface area (Å²) in [5.41, 5.74) is 6.47. The zero-order valence-corrected chi connectivity index (χ0v) is 12.2. The monoisotopic (exact) mass is 298 g/mol. The quantitative estimate of drug-likeness (QED) is 0.337. The van der Waals surface area contributed by atoms with Crippen molar-refractivity contribution in [2.24, 2.45) is 17.9 Å². The summed E-state index contributed by atoms with van der Waals surface area (Å²) in [6, 6.07) is 11.7. The SMILES string of the molecule is Cn1ccnc1Sc1ccc(/C(N)=N/O)c2ccccc12. The molecule has 0 bridgehead atoms. The Balaban J connectivity index is 2.15. The molecule has 6 heteroatoms. The molecule has 0 radical (unpaired) electrons. The average Bonchev–Trinajstić information content (AvgIpc) is 2.92. The van der Waals surface area contributed by atoms with Gasteiger partial charge in [0.1, 0.15) is 0 Å². The highest BCUT2D eigenvalue weighted by Gasteiger charge is 2.11. The van der Waals surface area contributed by atoms with Crippen molar-refractivity contribution in [3.63, 3.8) is 0 Å². The van der Waals surface area contributed by atoms with E-state index in [-0.39, 0.29) is 5.84 Å². The van der Waals surface area contributed by atoms with Crippen LogP contribution in [-0.2, 0) is 7.05 Å². The third-order valence-corrected chi connectivity index (χ3v) is 4.40. The molecule has 0 spiro atoms. The lowest BCUT2D eigenvalue weighted by molar-refractivity contribution is 0.318. The maximum Gasteiger partial charge on any atom is 0.172 e. The third kappa shape index (κ3) is 2.45. The molecule has 1 heterocycles. The zero-order valence-electron chi connectivity index (χ0n) is 11.4. The van der Waals surface area contributed by atoms with Gasteiger partial charge in [0, 0.05) is 29.9 Å². The van der Waals surface area contributed by atoms with Crippen LogP contribution in [0.2, 0.25) is 0 Å². The number of aromatic nitrogens is 2. The fourth-order valence-electron chi connectivity index (χ4n) is 2.19. The van der Waals surface area contributed by atoms with Gasteiger partial charge in [-0.15, -0.1) is 0 Å². The number of nitrogens with two attached hydrogens (primary N) is 1. The lowest BCUT2D eigenvalue weighted by Gasteiger charge is -2.10. The highest BCUT2D eigenvalue weighted by molar-refractivity contribution is 7.99. The van der Waals surface area contributed by atoms with E-state index in [1.54, 1.807) is 18.0 Å². The maximum absolute atomic E-state index is 8.91. The number of imidazole rings is 1. The number of hydrogen-bond donors (Lipinski definition) is 2. The highest BCUT2D eigenvalue weighted by Crippen LogP contribution is 2.33. The van der Waals surface area contributed by atoms with Crippen molar-refractivity contribution in [3.05, 3.63) is 54.4 Å². The molecule has 0 amide bonds. The number of rotatable bonds is 3. The number of oxime groups is 1. The van der Waals surface area contributed by atoms with Gasteiger partial charge in [-0.05, 0) is 22.9 Å². The van der Waals surface area contributed by atoms with Crippen molar-refractivity contribution >= 4 is 28.4 Å². The van der Waals surface area contributed by atoms with E-state index < -0.39 is 0 Å². The third-order valence-electron chi connectivity index (χ3n) is 3.25. The van der Waals surface area contributed by atoms with Crippen LogP contribution < -0.4 is 5.73 Å². The Hall–Kier alpha value is -2.47. The predicted octanol–water partition coefficient (Wildman–Crippen LogP) is 2.82. The summed E-state index contributed by atoms with van der Waals surface area (Å²) in [7, 11) is 1.96. The second kappa shape index (κ2) is 5.49. The molecular formula is C15H14N4OS. The fourth-order valence-corrected chi connectivity index (χ4v) is 3.13. The van der Waals surface area contributed by atoms with Crippen LogP contribution in [0.5, 0.6) is 0 Å². The first-order valence-electron chi connectivity index (χ1n) is 6.35. The minimum atomic E-state index is 0.111. The van der Waals surface area contributed by atoms with Gasteiger partial charge in [0.15, 0.2) is 11.0 Å². The summed E-state index contributed by atoms with van der Waals surface area (Å²) in [4.78, 5) is 5.41. The molecule has 0 unspecified atom stereocenters. The molecule has 2 aromatic carbocycles. The molecule has 21 heavy (non-hydrogen) atoms. The smallest absolute Gasteiger partial charge is 0.172 e. The van der Waals surface area contributed by atoms with Gasteiger partial charge < -0.3 is 15.5 Å². The van der Waals surface area contributed by atoms with Crippen LogP contribution in [0.25, 0.3) is 10.8 Å². The largest absolute Gasteiger partial charge is 0.409 e. The van der Waals surface area contributed by atoms with Crippen LogP contribution >= 0.6 is 11.8 Å². The average molecular weight is 298 g/mol. The maximum atomic E-state index is 8.91. The van der Waals surface area contributed by atoms with Gasteiger partial charge in [-0.25, -0.2) is 4.98 Å². The molecule has 0 aliphatic heterocycles. The standard InChI is InChI=1S/C15H14N4OS/c1-19-9-8-17-15(19)21-13-7-6-12(14(16)18-20)10-4-2-3-5-11(10)13/h2-9,20H,1H3,(H2,16,18). The van der Waals surface area contributed by atoms with E-state index in [9.17, 15) is 0 Å². The molecule has 0 atom stereocenters. The summed E-state index contributed by atoms with van der Waals surface area (Å²) >= 11 is 1.59. The Kier molecular flexibility index (Phi) is 3.53. The molecular weight excluding hydrogens is 284 g/mol. The first-order valence-corrected chi connectivity index (χ1v) is 7.17. The molecule has 3 N–H and O–H groups in total. The van der Waals surface area contributed by atoms with Crippen LogP contribution in [0, 0.1) is 0 Å². The van der Waals surface area contributed by atoms with Crippen LogP contribution in [0.3, 0.4) is 0 Å². The lowest BCUT2D eigenvalue weighted by atomic mass is 10.0. The topological polar surface area (TPSA) is 76.4 Å². The normalized spacial score (nSPS) is 12.0. The van der Waals surface area contributed by atoms with Crippen molar-refractivity contribution in [1.29, 1.82) is 0 Å². The second-order valence-corrected chi connectivity index (χ2v) is 5.57. The molecule has 5 nitrogen and oxygen atoms in total. The van der Waals surface area contributed by atoms with E-state index in [0.717, 1.165) is 26.4 Å². The molecule has 3 aromatic rings. The van der Waals surface area contributed by atoms with Crippen LogP contribution in [0.15, 0.2) is 64.0 Å². The Morgan fingerprint density at radius 1 is 1.24 bits per heavy atom. The highest BCUT2D eigenvalue weighted by atomic mass is 32.2. The van der Waals surface area contributed by atoms with Gasteiger partial charge in [-0.1, -0.05) is 41.2 Å². The molecule has 106 valence electrons. The number of fused-ring (bicyclic) bond motifs is 1. The summed E-state index contributed by atoms with van der Waals surface area (Å²) < 4.78 is 1.97. The van der Waals surface area contributed by atoms with Gasteiger partial charge in [0.25, 0.3) is 0 Å². The first-order chi connectivity index (χ1) is 10.2. The van der Waals surface area contributed by atoms with Crippen LogP contribution in [0.4, 0.5) is 0 Å². The molecule has 0 aliphatic rings. The summed E-state index contributed by atoms with van der Waals surface area (Å²) in [5.74, 6) is 0.111. The molecule has 0 saturated heterocycles. The van der Waals surface area contributed by atoms with Gasteiger partial charge in [-0.2, -0.15) is 0 Å². The summed E-state index contributed by atoms with van der Waals surface area (Å²) in [6.45, 7) is 0. The zero-order chi connectivity index (χ0) is 14.8. The number of aryl methyl sites for hydroxylation is 1. The molecule has 0 fully saturated rings. The lowest BCUT2D eigenvalue weighted by Crippen LogP contribution is -2.13. The number of hydrogen-bond acceptors (Lipinski definition) is 4. The van der Waals surface area contributed by atoms with Crippen molar-refractivity contribution in [2.75, 3.05) is 0 Å². The van der Waals surface area contributed by atoms with Gasteiger partial charge in [0.05, 0.1) is 0 Å². The summed E-state index contributed by atoms with van der Waals surface area (Å²) in [5, 5.41) is 14.9. The van der Waals surface area contributed by atoms with Gasteiger partial charge >= 0.3 is 0 Å². The first kappa shape index (κ1) is 13.5. The Bertz CT molecular complexity index is 825. The van der Waals surface area contributed by atoms with Crippen molar-refractivity contribution in [3.8, 4) is 0 Å². The molecule has 3 rings (SSSR count). The Labute approximate surface area is 126 Å². The molecule has 0 saturated carbocycles. The van der Waals surface area contributed by atoms with E-state index in [0.29, 0.717) is 0 Å². The Morgan fingerprint density at radius 2 is 2.00 bits per heavy atom. The van der Waals surface area contributed by atoms with E-state index in [2.05, 4.69) is 10.1 Å². The van der Waals surface area contributed by atoms with E-state index in [1.165, 1.54) is 0 Å².